The topological polar surface area (TPSA) is 15.3 Å². The first-order valence-corrected chi connectivity index (χ1v) is 6.86. The molecule has 2 aliphatic rings. The van der Waals surface area contributed by atoms with E-state index in [0.29, 0.717) is 0 Å². The van der Waals surface area contributed by atoms with Crippen LogP contribution in [0.3, 0.4) is 0 Å². The van der Waals surface area contributed by atoms with Crippen LogP contribution in [-0.2, 0) is 0 Å². The number of nitrogens with one attached hydrogen (secondary N) is 1. The minimum Gasteiger partial charge on any atom is -0.316 e. The molecule has 0 bridgehead atoms. The zero-order valence-corrected chi connectivity index (χ0v) is 10.2. The molecule has 0 saturated carbocycles. The van der Waals surface area contributed by atoms with E-state index in [-0.39, 0.29) is 0 Å². The van der Waals surface area contributed by atoms with Crippen LogP contribution in [0.15, 0.2) is 0 Å². The summed E-state index contributed by atoms with van der Waals surface area (Å²) < 4.78 is 0. The van der Waals surface area contributed by atoms with E-state index >= 15 is 0 Å². The zero-order valence-electron chi connectivity index (χ0n) is 10.2. The maximum absolute atomic E-state index is 3.57. The third-order valence-corrected chi connectivity index (χ3v) is 4.05. The molecule has 2 heteroatoms. The van der Waals surface area contributed by atoms with Gasteiger partial charge >= 0.3 is 0 Å². The fourth-order valence-corrected chi connectivity index (χ4v) is 3.32. The lowest BCUT2D eigenvalue weighted by atomic mass is 9.85. The minimum atomic E-state index is 0.895. The molecule has 2 fully saturated rings. The molecule has 2 nitrogen and oxygen atoms in total. The summed E-state index contributed by atoms with van der Waals surface area (Å²) in [7, 11) is 0. The average molecular weight is 210 g/mol. The molecule has 15 heavy (non-hydrogen) atoms. The van der Waals surface area contributed by atoms with Crippen LogP contribution in [-0.4, -0.2) is 37.1 Å². The third-order valence-electron chi connectivity index (χ3n) is 4.05. The van der Waals surface area contributed by atoms with Gasteiger partial charge in [-0.1, -0.05) is 13.3 Å². The van der Waals surface area contributed by atoms with Gasteiger partial charge in [-0.05, 0) is 64.2 Å². The van der Waals surface area contributed by atoms with Crippen LogP contribution in [0.2, 0.25) is 0 Å². The highest BCUT2D eigenvalue weighted by Gasteiger charge is 2.29. The first kappa shape index (κ1) is 11.4. The molecular formula is C13H26N2. The molecule has 1 N–H and O–H groups in total. The van der Waals surface area contributed by atoms with E-state index in [0.717, 1.165) is 12.0 Å². The van der Waals surface area contributed by atoms with Gasteiger partial charge in [-0.3, -0.25) is 0 Å². The average Bonchev–Trinajstić information content (AvgIpc) is 2.31. The molecule has 0 spiro atoms. The maximum Gasteiger partial charge on any atom is 0.0136 e. The Balaban J connectivity index is 1.90. The molecule has 2 heterocycles. The lowest BCUT2D eigenvalue weighted by molar-refractivity contribution is 0.0871. The molecule has 88 valence electrons. The number of hydrogen-bond acceptors (Lipinski definition) is 2. The Bertz CT molecular complexity index is 163. The van der Waals surface area contributed by atoms with Crippen molar-refractivity contribution >= 4 is 0 Å². The molecule has 0 radical (unpaired) electrons. The quantitative estimate of drug-likeness (QED) is 0.768. The van der Waals surface area contributed by atoms with Gasteiger partial charge in [0, 0.05) is 6.04 Å². The second-order valence-corrected chi connectivity index (χ2v) is 5.21. The smallest absolute Gasteiger partial charge is 0.0136 e. The predicted octanol–water partition coefficient (Wildman–Crippen LogP) is 2.25. The summed E-state index contributed by atoms with van der Waals surface area (Å²) in [5.74, 6) is 0.936. The van der Waals surface area contributed by atoms with E-state index in [1.807, 2.05) is 0 Å². The van der Waals surface area contributed by atoms with Crippen molar-refractivity contribution in [2.75, 3.05) is 26.2 Å². The molecule has 2 atom stereocenters. The Kier molecular flexibility index (Phi) is 4.45. The van der Waals surface area contributed by atoms with Gasteiger partial charge in [-0.2, -0.15) is 0 Å². The standard InChI is InChI=1S/C13H26N2/c1-2-9-15-10-4-3-7-13(15)12-6-5-8-14-11-12/h12-14H,2-11H2,1H3/t12-,13+/m0/s1. The van der Waals surface area contributed by atoms with Crippen LogP contribution in [0.5, 0.6) is 0 Å². The van der Waals surface area contributed by atoms with Crippen molar-refractivity contribution in [1.29, 1.82) is 0 Å². The van der Waals surface area contributed by atoms with Crippen molar-refractivity contribution in [2.45, 2.75) is 51.5 Å². The molecule has 0 unspecified atom stereocenters. The Morgan fingerprint density at radius 1 is 1.20 bits per heavy atom. The SMILES string of the molecule is CCCN1CCCC[C@@H]1[C@H]1CCCNC1. The molecule has 2 saturated heterocycles. The number of nitrogens with zero attached hydrogens (tertiary/aromatic N) is 1. The van der Waals surface area contributed by atoms with Crippen molar-refractivity contribution in [2.24, 2.45) is 5.92 Å². The van der Waals surface area contributed by atoms with E-state index in [2.05, 4.69) is 17.1 Å². The number of piperidine rings is 2. The van der Waals surface area contributed by atoms with Crippen LogP contribution < -0.4 is 5.32 Å². The summed E-state index contributed by atoms with van der Waals surface area (Å²) in [5, 5.41) is 3.57. The monoisotopic (exact) mass is 210 g/mol. The van der Waals surface area contributed by atoms with Gasteiger partial charge in [0.2, 0.25) is 0 Å². The summed E-state index contributed by atoms with van der Waals surface area (Å²) in [6.45, 7) is 7.50. The number of rotatable bonds is 3. The van der Waals surface area contributed by atoms with E-state index in [9.17, 15) is 0 Å². The van der Waals surface area contributed by atoms with E-state index in [1.165, 1.54) is 64.7 Å². The molecule has 0 aromatic heterocycles. The highest BCUT2D eigenvalue weighted by atomic mass is 15.2. The summed E-state index contributed by atoms with van der Waals surface area (Å²) in [6, 6.07) is 0.895. The molecule has 0 aromatic rings. The van der Waals surface area contributed by atoms with Crippen LogP contribution in [0.4, 0.5) is 0 Å². The van der Waals surface area contributed by atoms with Crippen molar-refractivity contribution < 1.29 is 0 Å². The van der Waals surface area contributed by atoms with Gasteiger partial charge in [0.05, 0.1) is 0 Å². The highest BCUT2D eigenvalue weighted by Crippen LogP contribution is 2.27. The molecule has 0 aliphatic carbocycles. The van der Waals surface area contributed by atoms with Crippen LogP contribution in [0.25, 0.3) is 0 Å². The van der Waals surface area contributed by atoms with E-state index < -0.39 is 0 Å². The zero-order chi connectivity index (χ0) is 10.5. The fourth-order valence-electron chi connectivity index (χ4n) is 3.32. The van der Waals surface area contributed by atoms with Crippen LogP contribution in [0.1, 0.15) is 45.4 Å². The van der Waals surface area contributed by atoms with Gasteiger partial charge < -0.3 is 10.2 Å². The Hall–Kier alpha value is -0.0800. The van der Waals surface area contributed by atoms with Gasteiger partial charge in [0.1, 0.15) is 0 Å². The van der Waals surface area contributed by atoms with E-state index in [1.54, 1.807) is 0 Å². The lowest BCUT2D eigenvalue weighted by Crippen LogP contribution is -2.48. The maximum atomic E-state index is 3.57. The minimum absolute atomic E-state index is 0.895. The third kappa shape index (κ3) is 2.94. The summed E-state index contributed by atoms with van der Waals surface area (Å²) >= 11 is 0. The predicted molar refractivity (Wildman–Crippen MR) is 65.1 cm³/mol. The van der Waals surface area contributed by atoms with Gasteiger partial charge in [-0.25, -0.2) is 0 Å². The number of hydrogen-bond donors (Lipinski definition) is 1. The normalized spacial score (nSPS) is 34.2. The molecule has 0 aromatic carbocycles. The molecular weight excluding hydrogens is 184 g/mol. The summed E-state index contributed by atoms with van der Waals surface area (Å²) in [4.78, 5) is 2.77. The Labute approximate surface area is 94.4 Å². The van der Waals surface area contributed by atoms with Crippen LogP contribution >= 0.6 is 0 Å². The summed E-state index contributed by atoms with van der Waals surface area (Å²) in [6.07, 6.45) is 8.50. The van der Waals surface area contributed by atoms with Crippen molar-refractivity contribution in [1.82, 2.24) is 10.2 Å². The van der Waals surface area contributed by atoms with Gasteiger partial charge in [0.15, 0.2) is 0 Å². The lowest BCUT2D eigenvalue weighted by Gasteiger charge is -2.42. The molecule has 2 aliphatic heterocycles. The molecule has 2 rings (SSSR count). The Morgan fingerprint density at radius 2 is 2.13 bits per heavy atom. The fraction of sp³-hybridized carbons (Fsp3) is 1.00. The number of likely N-dealkylation sites (tertiary alicyclic amines) is 1. The Morgan fingerprint density at radius 3 is 2.87 bits per heavy atom. The van der Waals surface area contributed by atoms with E-state index in [4.69, 9.17) is 0 Å². The first-order valence-electron chi connectivity index (χ1n) is 6.86. The second kappa shape index (κ2) is 5.86. The van der Waals surface area contributed by atoms with Crippen LogP contribution in [0, 0.1) is 5.92 Å². The van der Waals surface area contributed by atoms with Crippen molar-refractivity contribution in [3.63, 3.8) is 0 Å². The highest BCUT2D eigenvalue weighted by molar-refractivity contribution is 4.86. The van der Waals surface area contributed by atoms with Gasteiger partial charge in [-0.15, -0.1) is 0 Å². The van der Waals surface area contributed by atoms with Crippen molar-refractivity contribution in [3.8, 4) is 0 Å². The summed E-state index contributed by atoms with van der Waals surface area (Å²) in [5.41, 5.74) is 0. The van der Waals surface area contributed by atoms with Gasteiger partial charge in [0.25, 0.3) is 0 Å². The second-order valence-electron chi connectivity index (χ2n) is 5.21. The largest absolute Gasteiger partial charge is 0.316 e. The van der Waals surface area contributed by atoms with Crippen molar-refractivity contribution in [3.05, 3.63) is 0 Å². The first-order chi connectivity index (χ1) is 7.42. The molecule has 0 amide bonds.